The van der Waals surface area contributed by atoms with Crippen LogP contribution in [0.1, 0.15) is 33.1 Å². The number of nitrogens with one attached hydrogen (secondary N) is 2. The fourth-order valence-electron chi connectivity index (χ4n) is 2.83. The SMILES string of the molecule is CCCCC(=O)Nc1cccc(NC(=O)CSc2nnc(-c3cccs3)n2CC)c1. The van der Waals surface area contributed by atoms with Gasteiger partial charge in [0, 0.05) is 24.3 Å². The fourth-order valence-corrected chi connectivity index (χ4v) is 4.35. The molecule has 158 valence electrons. The molecule has 0 aliphatic carbocycles. The molecule has 0 aliphatic rings. The Morgan fingerprint density at radius 1 is 1.07 bits per heavy atom. The smallest absolute Gasteiger partial charge is 0.234 e. The van der Waals surface area contributed by atoms with Gasteiger partial charge in [-0.15, -0.1) is 21.5 Å². The fraction of sp³-hybridized carbons (Fsp3) is 0.333. The number of hydrogen-bond donors (Lipinski definition) is 2. The lowest BCUT2D eigenvalue weighted by Crippen LogP contribution is -2.15. The molecule has 0 bridgehead atoms. The second kappa shape index (κ2) is 10.9. The van der Waals surface area contributed by atoms with Crippen LogP contribution in [0, 0.1) is 0 Å². The van der Waals surface area contributed by atoms with Gasteiger partial charge in [0.25, 0.3) is 0 Å². The van der Waals surface area contributed by atoms with Crippen molar-refractivity contribution in [1.29, 1.82) is 0 Å². The van der Waals surface area contributed by atoms with Crippen molar-refractivity contribution in [2.75, 3.05) is 16.4 Å². The van der Waals surface area contributed by atoms with Crippen molar-refractivity contribution < 1.29 is 9.59 Å². The largest absolute Gasteiger partial charge is 0.326 e. The average Bonchev–Trinajstić information content (AvgIpc) is 3.40. The van der Waals surface area contributed by atoms with Gasteiger partial charge >= 0.3 is 0 Å². The van der Waals surface area contributed by atoms with Crippen molar-refractivity contribution in [3.8, 4) is 10.7 Å². The summed E-state index contributed by atoms with van der Waals surface area (Å²) in [5.74, 6) is 0.881. The Bertz CT molecular complexity index is 985. The minimum Gasteiger partial charge on any atom is -0.326 e. The van der Waals surface area contributed by atoms with Crippen LogP contribution in [0.25, 0.3) is 10.7 Å². The first-order valence-electron chi connectivity index (χ1n) is 9.90. The Labute approximate surface area is 184 Å². The van der Waals surface area contributed by atoms with Crippen molar-refractivity contribution in [2.24, 2.45) is 0 Å². The van der Waals surface area contributed by atoms with E-state index in [1.54, 1.807) is 29.5 Å². The highest BCUT2D eigenvalue weighted by Gasteiger charge is 2.15. The van der Waals surface area contributed by atoms with Gasteiger partial charge in [-0.3, -0.25) is 9.59 Å². The molecule has 2 amide bonds. The van der Waals surface area contributed by atoms with Crippen LogP contribution in [0.4, 0.5) is 11.4 Å². The first-order chi connectivity index (χ1) is 14.6. The van der Waals surface area contributed by atoms with Crippen LogP contribution < -0.4 is 10.6 Å². The maximum Gasteiger partial charge on any atom is 0.234 e. The summed E-state index contributed by atoms with van der Waals surface area (Å²) in [5, 5.41) is 17.0. The highest BCUT2D eigenvalue weighted by atomic mass is 32.2. The maximum absolute atomic E-state index is 12.4. The van der Waals surface area contributed by atoms with Gasteiger partial charge in [-0.05, 0) is 43.0 Å². The van der Waals surface area contributed by atoms with Gasteiger partial charge in [-0.1, -0.05) is 37.2 Å². The van der Waals surface area contributed by atoms with E-state index in [1.165, 1.54) is 11.8 Å². The molecule has 0 aliphatic heterocycles. The number of rotatable bonds is 10. The molecule has 9 heteroatoms. The number of hydrogen-bond acceptors (Lipinski definition) is 6. The molecule has 0 fully saturated rings. The normalized spacial score (nSPS) is 10.7. The number of thiophene rings is 1. The third kappa shape index (κ3) is 5.93. The third-order valence-corrected chi connectivity index (χ3v) is 6.13. The van der Waals surface area contributed by atoms with E-state index >= 15 is 0 Å². The number of carbonyl (C=O) groups is 2. The molecule has 0 saturated heterocycles. The molecule has 0 unspecified atom stereocenters. The average molecular weight is 444 g/mol. The summed E-state index contributed by atoms with van der Waals surface area (Å²) in [5.41, 5.74) is 1.32. The molecular formula is C21H25N5O2S2. The molecule has 0 radical (unpaired) electrons. The minimum atomic E-state index is -0.141. The Morgan fingerprint density at radius 3 is 2.50 bits per heavy atom. The van der Waals surface area contributed by atoms with E-state index < -0.39 is 0 Å². The number of aromatic nitrogens is 3. The van der Waals surface area contributed by atoms with Gasteiger partial charge in [-0.25, -0.2) is 0 Å². The van der Waals surface area contributed by atoms with Gasteiger partial charge in [-0.2, -0.15) is 0 Å². The van der Waals surface area contributed by atoms with Crippen LogP contribution in [0.15, 0.2) is 46.9 Å². The highest BCUT2D eigenvalue weighted by molar-refractivity contribution is 7.99. The molecule has 1 aromatic carbocycles. The van der Waals surface area contributed by atoms with Crippen molar-refractivity contribution in [2.45, 2.75) is 44.8 Å². The zero-order valence-electron chi connectivity index (χ0n) is 17.1. The van der Waals surface area contributed by atoms with Gasteiger partial charge in [0.1, 0.15) is 0 Å². The van der Waals surface area contributed by atoms with Crippen molar-refractivity contribution >= 4 is 46.3 Å². The van der Waals surface area contributed by atoms with E-state index in [-0.39, 0.29) is 17.6 Å². The predicted octanol–water partition coefficient (Wildman–Crippen LogP) is 4.89. The Hall–Kier alpha value is -2.65. The molecule has 2 heterocycles. The monoisotopic (exact) mass is 443 g/mol. The number of amides is 2. The molecule has 3 aromatic rings. The zero-order chi connectivity index (χ0) is 21.3. The van der Waals surface area contributed by atoms with Crippen LogP contribution >= 0.6 is 23.1 Å². The third-order valence-electron chi connectivity index (χ3n) is 4.29. The van der Waals surface area contributed by atoms with Gasteiger partial charge in [0.2, 0.25) is 11.8 Å². The van der Waals surface area contributed by atoms with Gasteiger partial charge in [0.15, 0.2) is 11.0 Å². The van der Waals surface area contributed by atoms with E-state index in [9.17, 15) is 9.59 Å². The molecule has 0 atom stereocenters. The summed E-state index contributed by atoms with van der Waals surface area (Å²) in [6.45, 7) is 4.81. The minimum absolute atomic E-state index is 0.0173. The Balaban J connectivity index is 1.56. The molecule has 2 aromatic heterocycles. The predicted molar refractivity (Wildman–Crippen MR) is 123 cm³/mol. The molecular weight excluding hydrogens is 418 g/mol. The molecule has 2 N–H and O–H groups in total. The molecule has 30 heavy (non-hydrogen) atoms. The number of nitrogens with zero attached hydrogens (tertiary/aromatic N) is 3. The molecule has 3 rings (SSSR count). The summed E-state index contributed by atoms with van der Waals surface area (Å²) in [7, 11) is 0. The van der Waals surface area contributed by atoms with Gasteiger partial charge in [0.05, 0.1) is 10.6 Å². The number of anilines is 2. The standard InChI is InChI=1S/C21H25N5O2S2/c1-3-5-11-18(27)22-15-8-6-9-16(13-15)23-19(28)14-30-21-25-24-20(26(21)4-2)17-10-7-12-29-17/h6-10,12-13H,3-5,11,14H2,1-2H3,(H,22,27)(H,23,28). The molecule has 7 nitrogen and oxygen atoms in total. The van der Waals surface area contributed by atoms with Crippen molar-refractivity contribution in [3.63, 3.8) is 0 Å². The van der Waals surface area contributed by atoms with Crippen LogP contribution in [0.3, 0.4) is 0 Å². The second-order valence-corrected chi connectivity index (χ2v) is 8.49. The summed E-state index contributed by atoms with van der Waals surface area (Å²) in [6, 6.07) is 11.2. The second-order valence-electron chi connectivity index (χ2n) is 6.60. The molecule has 0 spiro atoms. The lowest BCUT2D eigenvalue weighted by Gasteiger charge is -2.09. The van der Waals surface area contributed by atoms with Crippen LogP contribution in [0.2, 0.25) is 0 Å². The lowest BCUT2D eigenvalue weighted by molar-refractivity contribution is -0.116. The topological polar surface area (TPSA) is 88.9 Å². The summed E-state index contributed by atoms with van der Waals surface area (Å²) in [4.78, 5) is 25.4. The van der Waals surface area contributed by atoms with E-state index in [0.29, 0.717) is 23.0 Å². The summed E-state index contributed by atoms with van der Waals surface area (Å²) in [6.07, 6.45) is 2.33. The maximum atomic E-state index is 12.4. The Kier molecular flexibility index (Phi) is 8.04. The van der Waals surface area contributed by atoms with Crippen molar-refractivity contribution in [1.82, 2.24) is 14.8 Å². The van der Waals surface area contributed by atoms with Crippen molar-refractivity contribution in [3.05, 3.63) is 41.8 Å². The number of benzene rings is 1. The van der Waals surface area contributed by atoms with E-state index in [4.69, 9.17) is 0 Å². The first-order valence-corrected chi connectivity index (χ1v) is 11.8. The van der Waals surface area contributed by atoms with E-state index in [1.807, 2.05) is 42.0 Å². The lowest BCUT2D eigenvalue weighted by atomic mass is 10.2. The van der Waals surface area contributed by atoms with Crippen LogP contribution in [-0.4, -0.2) is 32.3 Å². The van der Waals surface area contributed by atoms with E-state index in [0.717, 1.165) is 30.1 Å². The summed E-state index contributed by atoms with van der Waals surface area (Å²) < 4.78 is 2.01. The number of thioether (sulfide) groups is 1. The zero-order valence-corrected chi connectivity index (χ0v) is 18.7. The number of carbonyl (C=O) groups excluding carboxylic acids is 2. The summed E-state index contributed by atoms with van der Waals surface area (Å²) >= 11 is 2.97. The Morgan fingerprint density at radius 2 is 1.83 bits per heavy atom. The highest BCUT2D eigenvalue weighted by Crippen LogP contribution is 2.27. The van der Waals surface area contributed by atoms with E-state index in [2.05, 4.69) is 20.8 Å². The number of unbranched alkanes of at least 4 members (excludes halogenated alkanes) is 1. The van der Waals surface area contributed by atoms with Gasteiger partial charge < -0.3 is 15.2 Å². The van der Waals surface area contributed by atoms with Crippen LogP contribution in [0.5, 0.6) is 0 Å². The van der Waals surface area contributed by atoms with Crippen LogP contribution in [-0.2, 0) is 16.1 Å². The quantitative estimate of drug-likeness (QED) is 0.436. The first kappa shape index (κ1) is 22.0. The molecule has 0 saturated carbocycles.